The summed E-state index contributed by atoms with van der Waals surface area (Å²) < 4.78 is 31.8. The molecule has 10 heteroatoms. The second-order valence-electron chi connectivity index (χ2n) is 8.65. The van der Waals surface area contributed by atoms with Crippen LogP contribution in [0.3, 0.4) is 0 Å². The molecule has 0 atom stereocenters. The average Bonchev–Trinajstić information content (AvgIpc) is 2.85. The maximum Gasteiger partial charge on any atom is 0.255 e. The fourth-order valence-corrected chi connectivity index (χ4v) is 5.25. The lowest BCUT2D eigenvalue weighted by atomic mass is 10.1. The van der Waals surface area contributed by atoms with E-state index in [9.17, 15) is 13.2 Å². The number of rotatable bonds is 8. The summed E-state index contributed by atoms with van der Waals surface area (Å²) in [7, 11) is -3.50. The zero-order chi connectivity index (χ0) is 25.7. The Kier molecular flexibility index (Phi) is 8.25. The molecule has 0 bridgehead atoms. The molecule has 1 N–H and O–H groups in total. The molecule has 3 aromatic rings. The van der Waals surface area contributed by atoms with Crippen molar-refractivity contribution in [3.05, 3.63) is 76.9 Å². The molecule has 2 heterocycles. The molecule has 1 aliphatic heterocycles. The third-order valence-corrected chi connectivity index (χ3v) is 7.55. The molecule has 190 valence electrons. The smallest absolute Gasteiger partial charge is 0.255 e. The number of benzene rings is 2. The van der Waals surface area contributed by atoms with Gasteiger partial charge in [0.25, 0.3) is 5.91 Å². The van der Waals surface area contributed by atoms with E-state index in [1.165, 1.54) is 10.6 Å². The van der Waals surface area contributed by atoms with Crippen LogP contribution in [0.25, 0.3) is 11.3 Å². The number of hydrogen-bond acceptors (Lipinski definition) is 6. The van der Waals surface area contributed by atoms with Crippen LogP contribution in [0.1, 0.15) is 15.9 Å². The van der Waals surface area contributed by atoms with Crippen molar-refractivity contribution in [1.82, 2.24) is 9.88 Å². The van der Waals surface area contributed by atoms with Crippen molar-refractivity contribution in [2.24, 2.45) is 0 Å². The molecule has 1 fully saturated rings. The van der Waals surface area contributed by atoms with Gasteiger partial charge in [0.15, 0.2) is 0 Å². The van der Waals surface area contributed by atoms with Crippen molar-refractivity contribution >= 4 is 38.9 Å². The fraction of sp³-hybridized carbons (Fsp3) is 0.308. The quantitative estimate of drug-likeness (QED) is 0.474. The largest absolute Gasteiger partial charge is 0.379 e. The average molecular weight is 529 g/mol. The summed E-state index contributed by atoms with van der Waals surface area (Å²) in [6.07, 6.45) is 2.88. The van der Waals surface area contributed by atoms with E-state index in [-0.39, 0.29) is 5.91 Å². The summed E-state index contributed by atoms with van der Waals surface area (Å²) in [6.45, 7) is 5.59. The van der Waals surface area contributed by atoms with Crippen molar-refractivity contribution in [3.8, 4) is 11.3 Å². The summed E-state index contributed by atoms with van der Waals surface area (Å²) in [5, 5.41) is 3.44. The molecule has 0 unspecified atom stereocenters. The summed E-state index contributed by atoms with van der Waals surface area (Å²) in [5.74, 6) is -0.299. The third kappa shape index (κ3) is 6.41. The molecule has 0 spiro atoms. The SMILES string of the molecule is Cc1cc(N(CCN2CCOCC2)S(C)(=O)=O)ccc1C(=O)Nc1ccc(Cl)c(-c2ccccn2)c1. The number of anilines is 2. The number of morpholine rings is 1. The van der Waals surface area contributed by atoms with Gasteiger partial charge in [-0.3, -0.25) is 19.0 Å². The van der Waals surface area contributed by atoms with Gasteiger partial charge in [-0.15, -0.1) is 0 Å². The van der Waals surface area contributed by atoms with Crippen LogP contribution in [0, 0.1) is 6.92 Å². The van der Waals surface area contributed by atoms with Gasteiger partial charge in [0, 0.05) is 49.2 Å². The lowest BCUT2D eigenvalue weighted by Gasteiger charge is -2.30. The number of nitrogens with zero attached hydrogens (tertiary/aromatic N) is 3. The van der Waals surface area contributed by atoms with Gasteiger partial charge in [0.05, 0.1) is 35.9 Å². The topological polar surface area (TPSA) is 91.8 Å². The minimum atomic E-state index is -3.50. The first-order valence-electron chi connectivity index (χ1n) is 11.6. The molecule has 36 heavy (non-hydrogen) atoms. The molecule has 1 amide bonds. The maximum atomic E-state index is 13.1. The number of aromatic nitrogens is 1. The Labute approximate surface area is 216 Å². The molecule has 2 aromatic carbocycles. The number of sulfonamides is 1. The van der Waals surface area contributed by atoms with Crippen molar-refractivity contribution < 1.29 is 17.9 Å². The van der Waals surface area contributed by atoms with Crippen LogP contribution in [0.4, 0.5) is 11.4 Å². The maximum absolute atomic E-state index is 13.1. The molecule has 0 radical (unpaired) electrons. The Hall–Kier alpha value is -2.98. The second kappa shape index (κ2) is 11.4. The summed E-state index contributed by atoms with van der Waals surface area (Å²) in [5.41, 5.74) is 3.66. The number of amides is 1. The standard InChI is InChI=1S/C26H29ClN4O4S/c1-19-17-21(31(36(2,33)34)12-11-30-13-15-35-16-14-30)7-8-22(19)26(32)29-20-6-9-24(27)23(18-20)25-5-3-4-10-28-25/h3-10,17-18H,11-16H2,1-2H3,(H,29,32). The van der Waals surface area contributed by atoms with Gasteiger partial charge in [-0.05, 0) is 61.0 Å². The molecular weight excluding hydrogens is 500 g/mol. The van der Waals surface area contributed by atoms with Crippen LogP contribution >= 0.6 is 11.6 Å². The first kappa shape index (κ1) is 26.1. The van der Waals surface area contributed by atoms with Gasteiger partial charge in [0.2, 0.25) is 10.0 Å². The lowest BCUT2D eigenvalue weighted by Crippen LogP contribution is -2.43. The summed E-state index contributed by atoms with van der Waals surface area (Å²) in [4.78, 5) is 19.6. The van der Waals surface area contributed by atoms with Gasteiger partial charge in [-0.25, -0.2) is 8.42 Å². The number of hydrogen-bond donors (Lipinski definition) is 1. The highest BCUT2D eigenvalue weighted by Crippen LogP contribution is 2.30. The van der Waals surface area contributed by atoms with E-state index in [0.717, 1.165) is 13.1 Å². The zero-order valence-corrected chi connectivity index (χ0v) is 21.8. The van der Waals surface area contributed by atoms with E-state index in [4.69, 9.17) is 16.3 Å². The molecule has 8 nitrogen and oxygen atoms in total. The highest BCUT2D eigenvalue weighted by atomic mass is 35.5. The van der Waals surface area contributed by atoms with Crippen molar-refractivity contribution in [1.29, 1.82) is 0 Å². The second-order valence-corrected chi connectivity index (χ2v) is 11.0. The fourth-order valence-electron chi connectivity index (χ4n) is 4.12. The summed E-state index contributed by atoms with van der Waals surface area (Å²) >= 11 is 6.35. The third-order valence-electron chi connectivity index (χ3n) is 6.03. The Morgan fingerprint density at radius 3 is 2.58 bits per heavy atom. The van der Waals surface area contributed by atoms with E-state index in [1.54, 1.807) is 49.5 Å². The number of aryl methyl sites for hydroxylation is 1. The van der Waals surface area contributed by atoms with Crippen LogP contribution in [-0.2, 0) is 14.8 Å². The Morgan fingerprint density at radius 1 is 1.14 bits per heavy atom. The minimum absolute atomic E-state index is 0.299. The number of carbonyl (C=O) groups excluding carboxylic acids is 1. The number of carbonyl (C=O) groups is 1. The van der Waals surface area contributed by atoms with Gasteiger partial charge >= 0.3 is 0 Å². The molecule has 0 saturated carbocycles. The molecule has 0 aliphatic carbocycles. The normalized spacial score (nSPS) is 14.4. The van der Waals surface area contributed by atoms with E-state index < -0.39 is 10.0 Å². The Morgan fingerprint density at radius 2 is 1.92 bits per heavy atom. The number of nitrogens with one attached hydrogen (secondary N) is 1. The molecule has 1 aliphatic rings. The van der Waals surface area contributed by atoms with Gasteiger partial charge in [-0.1, -0.05) is 17.7 Å². The van der Waals surface area contributed by atoms with Crippen LogP contribution in [0.15, 0.2) is 60.8 Å². The Bertz CT molecular complexity index is 1330. The van der Waals surface area contributed by atoms with E-state index in [0.29, 0.717) is 65.1 Å². The van der Waals surface area contributed by atoms with E-state index >= 15 is 0 Å². The highest BCUT2D eigenvalue weighted by molar-refractivity contribution is 7.92. The number of pyridine rings is 1. The van der Waals surface area contributed by atoms with Crippen molar-refractivity contribution in [2.45, 2.75) is 6.92 Å². The highest BCUT2D eigenvalue weighted by Gasteiger charge is 2.21. The van der Waals surface area contributed by atoms with Crippen LogP contribution in [-0.4, -0.2) is 69.9 Å². The molecular formula is C26H29ClN4O4S. The van der Waals surface area contributed by atoms with E-state index in [1.807, 2.05) is 18.2 Å². The molecule has 1 aromatic heterocycles. The van der Waals surface area contributed by atoms with Gasteiger partial charge < -0.3 is 10.1 Å². The molecule has 1 saturated heterocycles. The number of ether oxygens (including phenoxy) is 1. The van der Waals surface area contributed by atoms with Gasteiger partial charge in [0.1, 0.15) is 0 Å². The monoisotopic (exact) mass is 528 g/mol. The van der Waals surface area contributed by atoms with Crippen molar-refractivity contribution in [3.63, 3.8) is 0 Å². The van der Waals surface area contributed by atoms with Gasteiger partial charge in [-0.2, -0.15) is 0 Å². The first-order chi connectivity index (χ1) is 17.2. The summed E-state index contributed by atoms with van der Waals surface area (Å²) in [6, 6.07) is 15.8. The molecule has 4 rings (SSSR count). The van der Waals surface area contributed by atoms with Crippen LogP contribution < -0.4 is 9.62 Å². The van der Waals surface area contributed by atoms with Crippen LogP contribution in [0.2, 0.25) is 5.02 Å². The number of halogens is 1. The Balaban J connectivity index is 1.51. The predicted octanol–water partition coefficient (Wildman–Crippen LogP) is 4.06. The minimum Gasteiger partial charge on any atom is -0.379 e. The first-order valence-corrected chi connectivity index (χ1v) is 13.9. The zero-order valence-electron chi connectivity index (χ0n) is 20.3. The van der Waals surface area contributed by atoms with Crippen LogP contribution in [0.5, 0.6) is 0 Å². The predicted molar refractivity (Wildman–Crippen MR) is 143 cm³/mol. The lowest BCUT2D eigenvalue weighted by molar-refractivity contribution is 0.0395. The van der Waals surface area contributed by atoms with E-state index in [2.05, 4.69) is 15.2 Å². The van der Waals surface area contributed by atoms with Crippen molar-refractivity contribution in [2.75, 3.05) is 55.3 Å².